The van der Waals surface area contributed by atoms with E-state index in [1.807, 2.05) is 0 Å². The van der Waals surface area contributed by atoms with Crippen LogP contribution in [-0.4, -0.2) is 37.2 Å². The van der Waals surface area contributed by atoms with Crippen LogP contribution < -0.4 is 0 Å². The fourth-order valence-electron chi connectivity index (χ4n) is 7.51. The van der Waals surface area contributed by atoms with Gasteiger partial charge in [-0.15, -0.1) is 0 Å². The Labute approximate surface area is 189 Å². The molecule has 0 radical (unpaired) electrons. The van der Waals surface area contributed by atoms with Crippen molar-refractivity contribution in [2.24, 2.45) is 28.6 Å². The average molecular weight is 447 g/mol. The van der Waals surface area contributed by atoms with E-state index < -0.39 is 36.0 Å². The van der Waals surface area contributed by atoms with E-state index in [4.69, 9.17) is 18.6 Å². The normalized spacial score (nSPS) is 37.3. The second kappa shape index (κ2) is 7.92. The third-order valence-electron chi connectivity index (χ3n) is 8.40. The second-order valence-electron chi connectivity index (χ2n) is 10.7. The van der Waals surface area contributed by atoms with E-state index in [9.17, 15) is 14.4 Å². The van der Waals surface area contributed by atoms with E-state index in [0.29, 0.717) is 6.42 Å². The first-order chi connectivity index (χ1) is 15.0. The molecule has 0 saturated heterocycles. The molecule has 0 aliphatic heterocycles. The zero-order chi connectivity index (χ0) is 23.4. The number of hydrogen-bond donors (Lipinski definition) is 0. The topological polar surface area (TPSA) is 92.0 Å². The van der Waals surface area contributed by atoms with Crippen molar-refractivity contribution in [1.29, 1.82) is 0 Å². The summed E-state index contributed by atoms with van der Waals surface area (Å²) in [5.74, 6) is -1.53. The van der Waals surface area contributed by atoms with Crippen LogP contribution in [0.1, 0.15) is 71.1 Å². The minimum absolute atomic E-state index is 0.00554. The van der Waals surface area contributed by atoms with E-state index in [1.165, 1.54) is 21.0 Å². The molecule has 1 aromatic heterocycles. The minimum Gasteiger partial charge on any atom is -0.469 e. The molecule has 3 aliphatic carbocycles. The van der Waals surface area contributed by atoms with Crippen LogP contribution >= 0.6 is 0 Å². The Morgan fingerprint density at radius 2 is 1.69 bits per heavy atom. The molecule has 4 rings (SSSR count). The van der Waals surface area contributed by atoms with Gasteiger partial charge in [0.05, 0.1) is 19.3 Å². The first kappa shape index (κ1) is 22.9. The summed E-state index contributed by atoms with van der Waals surface area (Å²) in [7, 11) is 1.37. The van der Waals surface area contributed by atoms with Crippen LogP contribution in [0.25, 0.3) is 0 Å². The molecule has 1 aromatic rings. The number of carbonyl (C=O) groups excluding carboxylic acids is 3. The predicted octanol–water partition coefficient (Wildman–Crippen LogP) is 4.03. The Bertz CT molecular complexity index is 915. The highest BCUT2D eigenvalue weighted by Gasteiger charge is 2.67. The Morgan fingerprint density at radius 3 is 2.31 bits per heavy atom. The van der Waals surface area contributed by atoms with Gasteiger partial charge in [-0.25, -0.2) is 0 Å². The molecular weight excluding hydrogens is 412 g/mol. The first-order valence-electron chi connectivity index (χ1n) is 11.5. The lowest BCUT2D eigenvalue weighted by atomic mass is 9.42. The minimum atomic E-state index is -0.746. The van der Waals surface area contributed by atoms with Crippen molar-refractivity contribution in [3.8, 4) is 0 Å². The quantitative estimate of drug-likeness (QED) is 0.511. The van der Waals surface area contributed by atoms with Gasteiger partial charge < -0.3 is 18.6 Å². The molecule has 0 spiro atoms. The summed E-state index contributed by atoms with van der Waals surface area (Å²) in [6.07, 6.45) is 3.84. The molecule has 0 unspecified atom stereocenters. The summed E-state index contributed by atoms with van der Waals surface area (Å²) in [5.41, 5.74) is 0.398. The van der Waals surface area contributed by atoms with Gasteiger partial charge in [0.1, 0.15) is 18.0 Å². The van der Waals surface area contributed by atoms with Gasteiger partial charge in [0.2, 0.25) is 0 Å². The van der Waals surface area contributed by atoms with E-state index in [1.54, 1.807) is 12.3 Å². The highest BCUT2D eigenvalue weighted by Crippen LogP contribution is 2.66. The summed E-state index contributed by atoms with van der Waals surface area (Å²) in [6, 6.07) is 1.80. The number of rotatable bonds is 3. The van der Waals surface area contributed by atoms with E-state index in [-0.39, 0.29) is 28.6 Å². The lowest BCUT2D eigenvalue weighted by Crippen LogP contribution is -2.67. The van der Waals surface area contributed by atoms with E-state index in [0.717, 1.165) is 30.6 Å². The second-order valence-corrected chi connectivity index (χ2v) is 10.7. The van der Waals surface area contributed by atoms with Gasteiger partial charge in [0.15, 0.2) is 0 Å². The van der Waals surface area contributed by atoms with Gasteiger partial charge in [-0.05, 0) is 35.7 Å². The molecule has 0 amide bonds. The van der Waals surface area contributed by atoms with Crippen LogP contribution in [0.5, 0.6) is 0 Å². The van der Waals surface area contributed by atoms with Crippen molar-refractivity contribution >= 4 is 17.9 Å². The van der Waals surface area contributed by atoms with Gasteiger partial charge in [-0.3, -0.25) is 14.4 Å². The number of carbonyl (C=O) groups is 3. The molecule has 32 heavy (non-hydrogen) atoms. The number of ether oxygens (including phenoxy) is 3. The van der Waals surface area contributed by atoms with Gasteiger partial charge >= 0.3 is 17.9 Å². The van der Waals surface area contributed by atoms with Gasteiger partial charge in [-0.1, -0.05) is 27.2 Å². The largest absolute Gasteiger partial charge is 0.469 e. The average Bonchev–Trinajstić information content (AvgIpc) is 3.16. The third-order valence-corrected chi connectivity index (χ3v) is 8.40. The first-order valence-corrected chi connectivity index (χ1v) is 11.5. The number of fused-ring (bicyclic) bond motifs is 4. The van der Waals surface area contributed by atoms with Crippen LogP contribution in [0.4, 0.5) is 0 Å². The molecule has 3 aliphatic rings. The number of furan rings is 1. The lowest BCUT2D eigenvalue weighted by Gasteiger charge is -2.64. The Kier molecular flexibility index (Phi) is 5.66. The van der Waals surface area contributed by atoms with Crippen molar-refractivity contribution in [2.45, 2.75) is 78.4 Å². The molecule has 2 fully saturated rings. The standard InChI is InChI=1S/C25H34O7/c1-13(26)31-20-19-16(12-17-15(8-11-30-17)18(19)23(28)29-6)25(5)10-7-9-24(3,4)22(25)21(20)32-14(2)27/h8,11,16,18-22H,7,9-10,12H2,1-6H3/t16-,18+,19-,20-,21+,22+,25-/m1/s1. The molecule has 0 aromatic carbocycles. The molecule has 1 heterocycles. The fourth-order valence-corrected chi connectivity index (χ4v) is 7.51. The van der Waals surface area contributed by atoms with Crippen molar-refractivity contribution in [1.82, 2.24) is 0 Å². The Hall–Kier alpha value is -2.31. The molecule has 0 N–H and O–H groups in total. The van der Waals surface area contributed by atoms with E-state index >= 15 is 0 Å². The number of hydrogen-bond acceptors (Lipinski definition) is 7. The summed E-state index contributed by atoms with van der Waals surface area (Å²) < 4.78 is 22.9. The van der Waals surface area contributed by atoms with E-state index in [2.05, 4.69) is 20.8 Å². The smallest absolute Gasteiger partial charge is 0.313 e. The zero-order valence-corrected chi connectivity index (χ0v) is 19.8. The Morgan fingerprint density at radius 1 is 1.03 bits per heavy atom. The van der Waals surface area contributed by atoms with Crippen LogP contribution in [0.2, 0.25) is 0 Å². The molecule has 176 valence electrons. The Balaban J connectivity index is 1.95. The van der Waals surface area contributed by atoms with Crippen LogP contribution in [0.15, 0.2) is 16.7 Å². The SMILES string of the molecule is COC(=O)[C@H]1c2ccoc2C[C@@H]2[C@H]1[C@@H](OC(C)=O)[C@H](OC(C)=O)[C@H]1C(C)(C)CCC[C@]21C. The maximum Gasteiger partial charge on any atom is 0.313 e. The van der Waals surface area contributed by atoms with Crippen molar-refractivity contribution < 1.29 is 33.0 Å². The third kappa shape index (κ3) is 3.44. The summed E-state index contributed by atoms with van der Waals surface area (Å²) in [4.78, 5) is 37.6. The van der Waals surface area contributed by atoms with Crippen molar-refractivity contribution in [3.05, 3.63) is 23.7 Å². The fraction of sp³-hybridized carbons (Fsp3) is 0.720. The molecule has 7 heteroatoms. The van der Waals surface area contributed by atoms with Crippen LogP contribution in [-0.2, 0) is 35.0 Å². The lowest BCUT2D eigenvalue weighted by molar-refractivity contribution is -0.238. The molecule has 0 bridgehead atoms. The molecule has 7 atom stereocenters. The van der Waals surface area contributed by atoms with Crippen LogP contribution in [0, 0.1) is 28.6 Å². The molecule has 2 saturated carbocycles. The van der Waals surface area contributed by atoms with Gasteiger partial charge in [0.25, 0.3) is 0 Å². The molecular formula is C25H34O7. The maximum absolute atomic E-state index is 13.1. The number of esters is 3. The number of methoxy groups -OCH3 is 1. The maximum atomic E-state index is 13.1. The summed E-state index contributed by atoms with van der Waals surface area (Å²) in [5, 5.41) is 0. The summed E-state index contributed by atoms with van der Waals surface area (Å²) in [6.45, 7) is 9.40. The van der Waals surface area contributed by atoms with Gasteiger partial charge in [0, 0.05) is 37.7 Å². The summed E-state index contributed by atoms with van der Waals surface area (Å²) >= 11 is 0. The highest BCUT2D eigenvalue weighted by molar-refractivity contribution is 5.80. The van der Waals surface area contributed by atoms with Gasteiger partial charge in [-0.2, -0.15) is 0 Å². The monoisotopic (exact) mass is 446 g/mol. The van der Waals surface area contributed by atoms with Crippen LogP contribution in [0.3, 0.4) is 0 Å². The zero-order valence-electron chi connectivity index (χ0n) is 19.8. The molecule has 7 nitrogen and oxygen atoms in total. The van der Waals surface area contributed by atoms with Crippen molar-refractivity contribution in [2.75, 3.05) is 7.11 Å². The van der Waals surface area contributed by atoms with Crippen molar-refractivity contribution in [3.63, 3.8) is 0 Å². The predicted molar refractivity (Wildman–Crippen MR) is 114 cm³/mol. The highest BCUT2D eigenvalue weighted by atomic mass is 16.6.